The van der Waals surface area contributed by atoms with Crippen LogP contribution in [0, 0.1) is 0 Å². The van der Waals surface area contributed by atoms with Gasteiger partial charge in [-0.15, -0.1) is 0 Å². The normalized spacial score (nSPS) is 11.3. The summed E-state index contributed by atoms with van der Waals surface area (Å²) in [6.07, 6.45) is 0. The first-order valence-corrected chi connectivity index (χ1v) is 7.81. The number of anilines is 2. The molecule has 0 saturated carbocycles. The number of rotatable bonds is 3. The van der Waals surface area contributed by atoms with Crippen LogP contribution in [-0.2, 0) is 10.0 Å². The van der Waals surface area contributed by atoms with E-state index in [9.17, 15) is 8.42 Å². The molecule has 2 N–H and O–H groups in total. The summed E-state index contributed by atoms with van der Waals surface area (Å²) in [6, 6.07) is 10.8. The summed E-state index contributed by atoms with van der Waals surface area (Å²) in [4.78, 5) is -0.0361. The van der Waals surface area contributed by atoms with E-state index in [1.54, 1.807) is 24.3 Å². The molecule has 0 atom stereocenters. The van der Waals surface area contributed by atoms with E-state index in [-0.39, 0.29) is 9.92 Å². The van der Waals surface area contributed by atoms with E-state index in [0.717, 1.165) is 4.31 Å². The molecule has 0 fully saturated rings. The first kappa shape index (κ1) is 15.0. The van der Waals surface area contributed by atoms with Crippen LogP contribution in [0.5, 0.6) is 0 Å². The summed E-state index contributed by atoms with van der Waals surface area (Å²) in [6.45, 7) is 0. The highest BCUT2D eigenvalue weighted by Crippen LogP contribution is 2.29. The van der Waals surface area contributed by atoms with Crippen molar-refractivity contribution in [3.05, 3.63) is 52.5 Å². The molecule has 7 heteroatoms. The molecular formula is C13H12Cl2N2O2S. The number of hydrogen-bond acceptors (Lipinski definition) is 3. The predicted octanol–water partition coefficient (Wildman–Crippen LogP) is 3.40. The van der Waals surface area contributed by atoms with Gasteiger partial charge in [-0.1, -0.05) is 23.2 Å². The lowest BCUT2D eigenvalue weighted by Gasteiger charge is -2.20. The molecule has 2 rings (SSSR count). The fourth-order valence-electron chi connectivity index (χ4n) is 1.65. The van der Waals surface area contributed by atoms with Crippen LogP contribution in [-0.4, -0.2) is 15.5 Å². The van der Waals surface area contributed by atoms with Crippen LogP contribution in [0.15, 0.2) is 47.4 Å². The molecule has 4 nitrogen and oxygen atoms in total. The lowest BCUT2D eigenvalue weighted by molar-refractivity contribution is 0.594. The molecule has 0 aromatic heterocycles. The zero-order valence-corrected chi connectivity index (χ0v) is 12.9. The molecule has 0 unspecified atom stereocenters. The Balaban J connectivity index is 2.49. The van der Waals surface area contributed by atoms with Gasteiger partial charge in [0.1, 0.15) is 4.90 Å². The van der Waals surface area contributed by atoms with Gasteiger partial charge >= 0.3 is 0 Å². The van der Waals surface area contributed by atoms with Crippen molar-refractivity contribution in [2.24, 2.45) is 0 Å². The van der Waals surface area contributed by atoms with Crippen LogP contribution in [0.25, 0.3) is 0 Å². The largest absolute Gasteiger partial charge is 0.399 e. The van der Waals surface area contributed by atoms with Gasteiger partial charge in [0, 0.05) is 17.8 Å². The Morgan fingerprint density at radius 3 is 2.25 bits per heavy atom. The molecule has 106 valence electrons. The molecule has 20 heavy (non-hydrogen) atoms. The molecule has 2 aromatic rings. The van der Waals surface area contributed by atoms with Gasteiger partial charge in [-0.3, -0.25) is 4.31 Å². The second kappa shape index (κ2) is 5.52. The van der Waals surface area contributed by atoms with Crippen molar-refractivity contribution in [1.29, 1.82) is 0 Å². The molecule has 0 aliphatic heterocycles. The highest BCUT2D eigenvalue weighted by molar-refractivity contribution is 7.93. The Kier molecular flexibility index (Phi) is 4.13. The fourth-order valence-corrected chi connectivity index (χ4v) is 3.58. The zero-order valence-electron chi connectivity index (χ0n) is 10.5. The number of nitrogen functional groups attached to an aromatic ring is 1. The third kappa shape index (κ3) is 2.85. The third-order valence-electron chi connectivity index (χ3n) is 2.79. The first-order chi connectivity index (χ1) is 9.32. The summed E-state index contributed by atoms with van der Waals surface area (Å²) in [5, 5.41) is 0.426. The molecular weight excluding hydrogens is 319 g/mol. The maximum absolute atomic E-state index is 12.5. The fraction of sp³-hybridized carbons (Fsp3) is 0.0769. The highest BCUT2D eigenvalue weighted by atomic mass is 35.5. The van der Waals surface area contributed by atoms with Crippen molar-refractivity contribution in [1.82, 2.24) is 0 Å². The molecule has 0 radical (unpaired) electrons. The average Bonchev–Trinajstić information content (AvgIpc) is 2.41. The molecule has 0 heterocycles. The summed E-state index contributed by atoms with van der Waals surface area (Å²) in [7, 11) is -2.34. The van der Waals surface area contributed by atoms with Gasteiger partial charge in [0.15, 0.2) is 0 Å². The minimum Gasteiger partial charge on any atom is -0.399 e. The Hall–Kier alpha value is -1.43. The molecule has 0 spiro atoms. The zero-order chi connectivity index (χ0) is 14.9. The summed E-state index contributed by atoms with van der Waals surface area (Å²) in [5.74, 6) is 0. The molecule has 0 aliphatic rings. The number of benzene rings is 2. The molecule has 0 bridgehead atoms. The number of sulfonamides is 1. The van der Waals surface area contributed by atoms with Crippen molar-refractivity contribution >= 4 is 44.6 Å². The van der Waals surface area contributed by atoms with E-state index in [1.807, 2.05) is 0 Å². The standard InChI is InChI=1S/C13H12Cl2N2O2S/c1-17(11-5-3-10(16)4-6-11)20(18,19)13-8-9(14)2-7-12(13)15/h2-8H,16H2,1H3. The van der Waals surface area contributed by atoms with Crippen LogP contribution in [0.3, 0.4) is 0 Å². The smallest absolute Gasteiger partial charge is 0.265 e. The summed E-state index contributed by atoms with van der Waals surface area (Å²) < 4.78 is 26.2. The van der Waals surface area contributed by atoms with Crippen LogP contribution in [0.4, 0.5) is 11.4 Å². The van der Waals surface area contributed by atoms with Crippen molar-refractivity contribution in [3.8, 4) is 0 Å². The lowest BCUT2D eigenvalue weighted by atomic mass is 10.3. The third-order valence-corrected chi connectivity index (χ3v) is 5.29. The van der Waals surface area contributed by atoms with Gasteiger partial charge in [-0.2, -0.15) is 0 Å². The van der Waals surface area contributed by atoms with Crippen molar-refractivity contribution < 1.29 is 8.42 Å². The van der Waals surface area contributed by atoms with E-state index >= 15 is 0 Å². The Morgan fingerprint density at radius 1 is 1.05 bits per heavy atom. The monoisotopic (exact) mass is 330 g/mol. The highest BCUT2D eigenvalue weighted by Gasteiger charge is 2.24. The Morgan fingerprint density at radius 2 is 1.65 bits per heavy atom. The second-order valence-electron chi connectivity index (χ2n) is 4.14. The van der Waals surface area contributed by atoms with Crippen LogP contribution >= 0.6 is 23.2 Å². The quantitative estimate of drug-likeness (QED) is 0.877. The second-order valence-corrected chi connectivity index (χ2v) is 6.92. The minimum atomic E-state index is -3.78. The van der Waals surface area contributed by atoms with Gasteiger partial charge in [-0.05, 0) is 42.5 Å². The van der Waals surface area contributed by atoms with Crippen LogP contribution in [0.2, 0.25) is 10.0 Å². The van der Waals surface area contributed by atoms with Crippen LogP contribution < -0.4 is 10.0 Å². The van der Waals surface area contributed by atoms with Gasteiger partial charge in [0.2, 0.25) is 0 Å². The number of hydrogen-bond donors (Lipinski definition) is 1. The Labute approximate surface area is 127 Å². The molecule has 0 aliphatic carbocycles. The van der Waals surface area contributed by atoms with E-state index in [2.05, 4.69) is 0 Å². The maximum Gasteiger partial charge on any atom is 0.265 e. The van der Waals surface area contributed by atoms with E-state index in [0.29, 0.717) is 16.4 Å². The summed E-state index contributed by atoms with van der Waals surface area (Å²) >= 11 is 11.8. The van der Waals surface area contributed by atoms with Gasteiger partial charge in [0.25, 0.3) is 10.0 Å². The first-order valence-electron chi connectivity index (χ1n) is 5.62. The lowest BCUT2D eigenvalue weighted by Crippen LogP contribution is -2.26. The Bertz CT molecular complexity index is 731. The number of nitrogens with two attached hydrogens (primary N) is 1. The molecule has 2 aromatic carbocycles. The van der Waals surface area contributed by atoms with Gasteiger partial charge in [-0.25, -0.2) is 8.42 Å². The van der Waals surface area contributed by atoms with Crippen LogP contribution in [0.1, 0.15) is 0 Å². The maximum atomic E-state index is 12.5. The summed E-state index contributed by atoms with van der Waals surface area (Å²) in [5.41, 5.74) is 6.62. The van der Waals surface area contributed by atoms with Crippen molar-refractivity contribution in [3.63, 3.8) is 0 Å². The number of halogens is 2. The minimum absolute atomic E-state index is 0.0361. The van der Waals surface area contributed by atoms with Gasteiger partial charge in [0.05, 0.1) is 10.7 Å². The molecule has 0 amide bonds. The average molecular weight is 331 g/mol. The van der Waals surface area contributed by atoms with Crippen molar-refractivity contribution in [2.75, 3.05) is 17.1 Å². The topological polar surface area (TPSA) is 63.4 Å². The SMILES string of the molecule is CN(c1ccc(N)cc1)S(=O)(=O)c1cc(Cl)ccc1Cl. The van der Waals surface area contributed by atoms with E-state index in [1.165, 1.54) is 25.2 Å². The predicted molar refractivity (Wildman–Crippen MR) is 82.9 cm³/mol. The van der Waals surface area contributed by atoms with Gasteiger partial charge < -0.3 is 5.73 Å². The van der Waals surface area contributed by atoms with Crippen molar-refractivity contribution in [2.45, 2.75) is 4.90 Å². The molecule has 0 saturated heterocycles. The van der Waals surface area contributed by atoms with E-state index in [4.69, 9.17) is 28.9 Å². The number of nitrogens with zero attached hydrogens (tertiary/aromatic N) is 1. The van der Waals surface area contributed by atoms with E-state index < -0.39 is 10.0 Å².